The molecule has 1 amide bonds. The normalized spacial score (nSPS) is 11.4. The van der Waals surface area contributed by atoms with Crippen LogP contribution in [0.25, 0.3) is 0 Å². The fraction of sp³-hybridized carbons (Fsp3) is 0.333. The number of hydrogen-bond acceptors (Lipinski definition) is 3. The summed E-state index contributed by atoms with van der Waals surface area (Å²) >= 11 is 5.53. The van der Waals surface area contributed by atoms with E-state index in [0.29, 0.717) is 12.3 Å². The van der Waals surface area contributed by atoms with E-state index in [1.165, 1.54) is 0 Å². The number of alkyl halides is 3. The number of pyridine rings is 1. The molecule has 0 atom stereocenters. The lowest BCUT2D eigenvalue weighted by atomic mass is 10.2. The van der Waals surface area contributed by atoms with Gasteiger partial charge in [0.05, 0.1) is 17.2 Å². The van der Waals surface area contributed by atoms with Crippen molar-refractivity contribution >= 4 is 17.5 Å². The Labute approximate surface area is 99.7 Å². The molecule has 0 aliphatic rings. The maximum atomic E-state index is 12.3. The Morgan fingerprint density at radius 2 is 2.24 bits per heavy atom. The van der Waals surface area contributed by atoms with Gasteiger partial charge in [0, 0.05) is 6.20 Å². The van der Waals surface area contributed by atoms with Crippen LogP contribution in [0.4, 0.5) is 13.2 Å². The Bertz CT molecular complexity index is 423. The van der Waals surface area contributed by atoms with Gasteiger partial charge in [-0.25, -0.2) is 10.5 Å². The Hall–Kier alpha value is -1.34. The van der Waals surface area contributed by atoms with Crippen molar-refractivity contribution in [2.24, 2.45) is 0 Å². The summed E-state index contributed by atoms with van der Waals surface area (Å²) in [6.07, 6.45) is -4.02. The third-order valence-corrected chi connectivity index (χ3v) is 1.98. The Morgan fingerprint density at radius 1 is 1.59 bits per heavy atom. The molecular weight excluding hydrogens is 261 g/mol. The molecule has 0 bridgehead atoms. The van der Waals surface area contributed by atoms with Gasteiger partial charge in [0.15, 0.2) is 0 Å². The Balaban J connectivity index is 2.94. The van der Waals surface area contributed by atoms with Gasteiger partial charge in [-0.3, -0.25) is 9.63 Å². The number of nitrogens with one attached hydrogen (secondary N) is 1. The minimum absolute atomic E-state index is 0.212. The first-order valence-corrected chi connectivity index (χ1v) is 4.89. The number of rotatable bonds is 3. The minimum Gasteiger partial charge on any atom is -0.274 e. The summed E-state index contributed by atoms with van der Waals surface area (Å²) in [6, 6.07) is 0.634. The molecule has 0 saturated heterocycles. The highest BCUT2D eigenvalue weighted by Gasteiger charge is 2.32. The van der Waals surface area contributed by atoms with E-state index in [1.807, 2.05) is 5.48 Å². The van der Waals surface area contributed by atoms with Gasteiger partial charge in [-0.1, -0.05) is 11.6 Å². The summed E-state index contributed by atoms with van der Waals surface area (Å²) in [4.78, 5) is 19.3. The quantitative estimate of drug-likeness (QED) is 0.857. The molecule has 1 aromatic heterocycles. The third kappa shape index (κ3) is 3.57. The molecule has 0 aliphatic carbocycles. The van der Waals surface area contributed by atoms with Crippen LogP contribution in [0, 0.1) is 0 Å². The van der Waals surface area contributed by atoms with Gasteiger partial charge in [0.25, 0.3) is 5.91 Å². The fourth-order valence-electron chi connectivity index (χ4n) is 0.946. The third-order valence-electron chi connectivity index (χ3n) is 1.69. The van der Waals surface area contributed by atoms with E-state index >= 15 is 0 Å². The van der Waals surface area contributed by atoms with Gasteiger partial charge < -0.3 is 0 Å². The van der Waals surface area contributed by atoms with Gasteiger partial charge >= 0.3 is 6.18 Å². The van der Waals surface area contributed by atoms with Crippen molar-refractivity contribution in [2.45, 2.75) is 13.1 Å². The van der Waals surface area contributed by atoms with Crippen molar-refractivity contribution in [3.8, 4) is 0 Å². The molecule has 8 heteroatoms. The molecule has 1 heterocycles. The molecular formula is C9H8ClF3N2O2. The topological polar surface area (TPSA) is 51.2 Å². The molecule has 94 valence electrons. The monoisotopic (exact) mass is 268 g/mol. The fourth-order valence-corrected chi connectivity index (χ4v) is 1.20. The second-order valence-corrected chi connectivity index (χ2v) is 3.32. The average molecular weight is 269 g/mol. The zero-order valence-electron chi connectivity index (χ0n) is 8.64. The zero-order chi connectivity index (χ0) is 13.1. The van der Waals surface area contributed by atoms with Crippen LogP contribution >= 0.6 is 11.6 Å². The summed E-state index contributed by atoms with van der Waals surface area (Å²) in [5.74, 6) is -0.800. The van der Waals surface area contributed by atoms with Crippen molar-refractivity contribution in [3.05, 3.63) is 28.5 Å². The highest BCUT2D eigenvalue weighted by molar-refractivity contribution is 6.33. The van der Waals surface area contributed by atoms with E-state index in [0.717, 1.165) is 0 Å². The first-order valence-electron chi connectivity index (χ1n) is 4.51. The number of carbonyl (C=O) groups is 1. The molecule has 0 spiro atoms. The summed E-state index contributed by atoms with van der Waals surface area (Å²) in [6.45, 7) is 1.84. The first kappa shape index (κ1) is 13.7. The SMILES string of the molecule is CCONC(=O)c1ncc(C(F)(F)F)cc1Cl. The molecule has 0 unspecified atom stereocenters. The molecule has 0 aromatic carbocycles. The van der Waals surface area contributed by atoms with Crippen LogP contribution in [-0.2, 0) is 11.0 Å². The first-order chi connectivity index (χ1) is 7.86. The number of aromatic nitrogens is 1. The average Bonchev–Trinajstić information content (AvgIpc) is 2.24. The van der Waals surface area contributed by atoms with E-state index in [1.54, 1.807) is 6.92 Å². The predicted molar refractivity (Wildman–Crippen MR) is 53.3 cm³/mol. The lowest BCUT2D eigenvalue weighted by molar-refractivity contribution is -0.137. The molecule has 17 heavy (non-hydrogen) atoms. The molecule has 0 radical (unpaired) electrons. The Kier molecular flexibility index (Phi) is 4.30. The van der Waals surface area contributed by atoms with E-state index in [4.69, 9.17) is 11.6 Å². The smallest absolute Gasteiger partial charge is 0.274 e. The summed E-state index contributed by atoms with van der Waals surface area (Å²) < 4.78 is 36.8. The van der Waals surface area contributed by atoms with E-state index in [-0.39, 0.29) is 12.3 Å². The number of carbonyl (C=O) groups excluding carboxylic acids is 1. The molecule has 1 N–H and O–H groups in total. The van der Waals surface area contributed by atoms with Gasteiger partial charge in [-0.2, -0.15) is 13.2 Å². The molecule has 0 fully saturated rings. The van der Waals surface area contributed by atoms with E-state index in [2.05, 4.69) is 9.82 Å². The lowest BCUT2D eigenvalue weighted by Gasteiger charge is -2.08. The molecule has 0 saturated carbocycles. The second kappa shape index (κ2) is 5.33. The number of amides is 1. The van der Waals surface area contributed by atoms with Gasteiger partial charge in [-0.15, -0.1) is 0 Å². The van der Waals surface area contributed by atoms with Gasteiger partial charge in [-0.05, 0) is 13.0 Å². The molecule has 1 aromatic rings. The van der Waals surface area contributed by atoms with Gasteiger partial charge in [0.2, 0.25) is 0 Å². The summed E-state index contributed by atoms with van der Waals surface area (Å²) in [7, 11) is 0. The zero-order valence-corrected chi connectivity index (χ0v) is 9.39. The van der Waals surface area contributed by atoms with Crippen molar-refractivity contribution < 1.29 is 22.8 Å². The van der Waals surface area contributed by atoms with E-state index in [9.17, 15) is 18.0 Å². The lowest BCUT2D eigenvalue weighted by Crippen LogP contribution is -2.25. The van der Waals surface area contributed by atoms with Crippen LogP contribution in [0.3, 0.4) is 0 Å². The van der Waals surface area contributed by atoms with Crippen LogP contribution in [0.1, 0.15) is 23.0 Å². The van der Waals surface area contributed by atoms with Crippen LogP contribution in [0.2, 0.25) is 5.02 Å². The number of hydroxylamine groups is 1. The van der Waals surface area contributed by atoms with Crippen LogP contribution in [-0.4, -0.2) is 17.5 Å². The standard InChI is InChI=1S/C9H8ClF3N2O2/c1-2-17-15-8(16)7-6(10)3-5(4-14-7)9(11,12)13/h3-4H,2H2,1H3,(H,15,16). The predicted octanol–water partition coefficient (Wildman–Crippen LogP) is 2.44. The minimum atomic E-state index is -4.55. The molecule has 0 aliphatic heterocycles. The molecule has 4 nitrogen and oxygen atoms in total. The number of halogens is 4. The molecule has 1 rings (SSSR count). The summed E-state index contributed by atoms with van der Waals surface area (Å²) in [5, 5.41) is -0.392. The van der Waals surface area contributed by atoms with Crippen LogP contribution in [0.5, 0.6) is 0 Å². The van der Waals surface area contributed by atoms with E-state index < -0.39 is 22.7 Å². The maximum Gasteiger partial charge on any atom is 0.417 e. The number of hydrogen-bond donors (Lipinski definition) is 1. The maximum absolute atomic E-state index is 12.3. The van der Waals surface area contributed by atoms with Crippen molar-refractivity contribution in [3.63, 3.8) is 0 Å². The van der Waals surface area contributed by atoms with Crippen LogP contribution in [0.15, 0.2) is 12.3 Å². The van der Waals surface area contributed by atoms with Crippen molar-refractivity contribution in [2.75, 3.05) is 6.61 Å². The highest BCUT2D eigenvalue weighted by atomic mass is 35.5. The van der Waals surface area contributed by atoms with Crippen LogP contribution < -0.4 is 5.48 Å². The number of nitrogens with zero attached hydrogens (tertiary/aromatic N) is 1. The van der Waals surface area contributed by atoms with Gasteiger partial charge in [0.1, 0.15) is 5.69 Å². The van der Waals surface area contributed by atoms with Crippen molar-refractivity contribution in [1.29, 1.82) is 0 Å². The van der Waals surface area contributed by atoms with Crippen molar-refractivity contribution in [1.82, 2.24) is 10.5 Å². The largest absolute Gasteiger partial charge is 0.417 e. The Morgan fingerprint density at radius 3 is 2.71 bits per heavy atom. The second-order valence-electron chi connectivity index (χ2n) is 2.92. The summed E-state index contributed by atoms with van der Waals surface area (Å²) in [5.41, 5.74) is 0.637. The highest BCUT2D eigenvalue weighted by Crippen LogP contribution is 2.30.